The molecular weight excluding hydrogens is 283 g/mol. The molecule has 2 atom stereocenters. The fraction of sp³-hybridized carbons (Fsp3) is 0.444. The largest absolute Gasteiger partial charge is 0.468 e. The Kier molecular flexibility index (Phi) is 4.32. The van der Waals surface area contributed by atoms with Crippen molar-refractivity contribution in [3.8, 4) is 0 Å². The lowest BCUT2D eigenvalue weighted by atomic mass is 9.74. The standard InChI is InChI=1S/C18H21FO3/c1-21-12-22-17-10-13(11-20)9-16(14-7-8-14)18(17,19)15-5-3-2-4-6-15/h2-6,9-10,14,16,20H,7-8,11-12H2,1H3. The number of allylic oxidation sites excluding steroid dienone is 2. The molecule has 1 N–H and O–H groups in total. The Morgan fingerprint density at radius 1 is 1.27 bits per heavy atom. The molecule has 3 rings (SSSR count). The lowest BCUT2D eigenvalue weighted by Gasteiger charge is -2.37. The van der Waals surface area contributed by atoms with Crippen molar-refractivity contribution < 1.29 is 19.0 Å². The van der Waals surface area contributed by atoms with E-state index in [1.165, 1.54) is 7.11 Å². The van der Waals surface area contributed by atoms with Gasteiger partial charge in [-0.2, -0.15) is 0 Å². The first-order chi connectivity index (χ1) is 10.7. The van der Waals surface area contributed by atoms with Crippen LogP contribution in [0.1, 0.15) is 18.4 Å². The van der Waals surface area contributed by atoms with Crippen molar-refractivity contribution in [2.24, 2.45) is 11.8 Å². The first-order valence-corrected chi connectivity index (χ1v) is 7.60. The number of hydrogen-bond donors (Lipinski definition) is 1. The van der Waals surface area contributed by atoms with E-state index >= 15 is 4.39 Å². The first kappa shape index (κ1) is 15.3. The highest BCUT2D eigenvalue weighted by molar-refractivity contribution is 5.42. The van der Waals surface area contributed by atoms with Gasteiger partial charge in [0.2, 0.25) is 0 Å². The van der Waals surface area contributed by atoms with E-state index in [0.29, 0.717) is 17.1 Å². The monoisotopic (exact) mass is 304 g/mol. The number of methoxy groups -OCH3 is 1. The van der Waals surface area contributed by atoms with Crippen LogP contribution in [0.25, 0.3) is 0 Å². The third-order valence-corrected chi connectivity index (χ3v) is 4.37. The molecular formula is C18H21FO3. The average Bonchev–Trinajstić information content (AvgIpc) is 3.39. The van der Waals surface area contributed by atoms with Gasteiger partial charge in [0.15, 0.2) is 12.5 Å². The number of rotatable bonds is 6. The van der Waals surface area contributed by atoms with Crippen LogP contribution in [0, 0.1) is 11.8 Å². The molecule has 2 aliphatic rings. The highest BCUT2D eigenvalue weighted by Crippen LogP contribution is 2.54. The smallest absolute Gasteiger partial charge is 0.199 e. The van der Waals surface area contributed by atoms with Crippen LogP contribution in [-0.2, 0) is 15.1 Å². The van der Waals surface area contributed by atoms with Crippen molar-refractivity contribution >= 4 is 0 Å². The molecule has 1 aromatic carbocycles. The Morgan fingerprint density at radius 3 is 2.59 bits per heavy atom. The van der Waals surface area contributed by atoms with E-state index < -0.39 is 5.67 Å². The van der Waals surface area contributed by atoms with Crippen LogP contribution in [0.3, 0.4) is 0 Å². The zero-order chi connectivity index (χ0) is 15.6. The van der Waals surface area contributed by atoms with Crippen LogP contribution in [0.15, 0.2) is 53.8 Å². The molecule has 1 fully saturated rings. The van der Waals surface area contributed by atoms with Gasteiger partial charge in [-0.05, 0) is 36.0 Å². The summed E-state index contributed by atoms with van der Waals surface area (Å²) < 4.78 is 26.7. The fourth-order valence-electron chi connectivity index (χ4n) is 3.13. The average molecular weight is 304 g/mol. The van der Waals surface area contributed by atoms with Gasteiger partial charge < -0.3 is 14.6 Å². The lowest BCUT2D eigenvalue weighted by molar-refractivity contribution is -0.0424. The van der Waals surface area contributed by atoms with Gasteiger partial charge in [0.1, 0.15) is 5.76 Å². The maximum absolute atomic E-state index is 16.2. The fourth-order valence-corrected chi connectivity index (χ4v) is 3.13. The lowest BCUT2D eigenvalue weighted by Crippen LogP contribution is -2.37. The van der Waals surface area contributed by atoms with E-state index in [2.05, 4.69) is 0 Å². The molecule has 0 aliphatic heterocycles. The summed E-state index contributed by atoms with van der Waals surface area (Å²) in [5.41, 5.74) is -0.422. The topological polar surface area (TPSA) is 38.7 Å². The number of ether oxygens (including phenoxy) is 2. The number of alkyl halides is 1. The van der Waals surface area contributed by atoms with Gasteiger partial charge in [-0.15, -0.1) is 0 Å². The summed E-state index contributed by atoms with van der Waals surface area (Å²) in [5.74, 6) is 0.208. The Labute approximate surface area is 130 Å². The molecule has 0 radical (unpaired) electrons. The predicted molar refractivity (Wildman–Crippen MR) is 81.7 cm³/mol. The van der Waals surface area contributed by atoms with Crippen molar-refractivity contribution in [1.82, 2.24) is 0 Å². The van der Waals surface area contributed by atoms with Gasteiger partial charge in [0, 0.05) is 13.0 Å². The molecule has 22 heavy (non-hydrogen) atoms. The summed E-state index contributed by atoms with van der Waals surface area (Å²) in [6.45, 7) is -0.131. The van der Waals surface area contributed by atoms with Gasteiger partial charge in [-0.3, -0.25) is 0 Å². The Balaban J connectivity index is 2.05. The minimum atomic E-state index is -1.71. The van der Waals surface area contributed by atoms with E-state index in [-0.39, 0.29) is 25.1 Å². The number of aliphatic hydroxyl groups excluding tert-OH is 1. The zero-order valence-electron chi connectivity index (χ0n) is 12.7. The molecule has 2 unspecified atom stereocenters. The first-order valence-electron chi connectivity index (χ1n) is 7.60. The Hall–Kier alpha value is -1.65. The van der Waals surface area contributed by atoms with Gasteiger partial charge in [-0.1, -0.05) is 36.4 Å². The molecule has 3 nitrogen and oxygen atoms in total. The van der Waals surface area contributed by atoms with E-state index in [9.17, 15) is 5.11 Å². The third kappa shape index (κ3) is 2.69. The quantitative estimate of drug-likeness (QED) is 0.819. The van der Waals surface area contributed by atoms with Crippen LogP contribution in [0.4, 0.5) is 4.39 Å². The SMILES string of the molecule is COCOC1=CC(CO)=CC(C2CC2)C1(F)c1ccccc1. The summed E-state index contributed by atoms with van der Waals surface area (Å²) >= 11 is 0. The second-order valence-electron chi connectivity index (χ2n) is 5.90. The molecule has 1 saturated carbocycles. The van der Waals surface area contributed by atoms with Crippen molar-refractivity contribution in [1.29, 1.82) is 0 Å². The summed E-state index contributed by atoms with van der Waals surface area (Å²) in [4.78, 5) is 0. The minimum Gasteiger partial charge on any atom is -0.468 e. The molecule has 0 saturated heterocycles. The van der Waals surface area contributed by atoms with Crippen molar-refractivity contribution in [2.75, 3.05) is 20.5 Å². The van der Waals surface area contributed by atoms with Crippen LogP contribution in [-0.4, -0.2) is 25.6 Å². The van der Waals surface area contributed by atoms with E-state index in [4.69, 9.17) is 9.47 Å². The Bertz CT molecular complexity index is 577. The predicted octanol–water partition coefficient (Wildman–Crippen LogP) is 3.31. The number of aliphatic hydroxyl groups is 1. The maximum Gasteiger partial charge on any atom is 0.199 e. The Morgan fingerprint density at radius 2 is 2.00 bits per heavy atom. The minimum absolute atomic E-state index is 0.0135. The van der Waals surface area contributed by atoms with E-state index in [1.54, 1.807) is 18.2 Å². The summed E-state index contributed by atoms with van der Waals surface area (Å²) in [5, 5.41) is 9.47. The molecule has 0 aromatic heterocycles. The van der Waals surface area contributed by atoms with Crippen molar-refractivity contribution in [2.45, 2.75) is 18.5 Å². The zero-order valence-corrected chi connectivity index (χ0v) is 12.7. The summed E-state index contributed by atoms with van der Waals surface area (Å²) in [7, 11) is 1.51. The number of hydrogen-bond acceptors (Lipinski definition) is 3. The van der Waals surface area contributed by atoms with Crippen LogP contribution < -0.4 is 0 Å². The molecule has 0 spiro atoms. The maximum atomic E-state index is 16.2. The van der Waals surface area contributed by atoms with Crippen LogP contribution in [0.5, 0.6) is 0 Å². The van der Waals surface area contributed by atoms with Gasteiger partial charge in [0.05, 0.1) is 6.61 Å². The van der Waals surface area contributed by atoms with Gasteiger partial charge in [0.25, 0.3) is 0 Å². The van der Waals surface area contributed by atoms with Crippen LogP contribution in [0.2, 0.25) is 0 Å². The highest BCUT2D eigenvalue weighted by Gasteiger charge is 2.52. The normalized spacial score (nSPS) is 28.0. The molecule has 4 heteroatoms. The van der Waals surface area contributed by atoms with Crippen molar-refractivity contribution in [3.05, 3.63) is 59.4 Å². The van der Waals surface area contributed by atoms with E-state index in [1.807, 2.05) is 24.3 Å². The van der Waals surface area contributed by atoms with Gasteiger partial charge >= 0.3 is 0 Å². The third-order valence-electron chi connectivity index (χ3n) is 4.37. The number of halogens is 1. The second-order valence-corrected chi connectivity index (χ2v) is 5.90. The van der Waals surface area contributed by atoms with Gasteiger partial charge in [-0.25, -0.2) is 4.39 Å². The number of benzene rings is 1. The molecule has 118 valence electrons. The molecule has 2 aliphatic carbocycles. The molecule has 0 bridgehead atoms. The second kappa shape index (κ2) is 6.23. The summed E-state index contributed by atoms with van der Waals surface area (Å²) in [6.07, 6.45) is 5.49. The van der Waals surface area contributed by atoms with Crippen LogP contribution >= 0.6 is 0 Å². The van der Waals surface area contributed by atoms with E-state index in [0.717, 1.165) is 12.8 Å². The van der Waals surface area contributed by atoms with Crippen molar-refractivity contribution in [3.63, 3.8) is 0 Å². The summed E-state index contributed by atoms with van der Waals surface area (Å²) in [6, 6.07) is 9.12. The molecule has 1 aromatic rings. The molecule has 0 amide bonds. The highest BCUT2D eigenvalue weighted by atomic mass is 19.1. The molecule has 0 heterocycles.